The van der Waals surface area contributed by atoms with E-state index in [9.17, 15) is 0 Å². The monoisotopic (exact) mass is 289 g/mol. The number of aromatic nitrogens is 1. The van der Waals surface area contributed by atoms with Gasteiger partial charge in [-0.05, 0) is 30.5 Å². The van der Waals surface area contributed by atoms with E-state index in [4.69, 9.17) is 10.2 Å². The van der Waals surface area contributed by atoms with E-state index in [1.807, 2.05) is 6.07 Å². The maximum Gasteiger partial charge on any atom is 0.295 e. The molecule has 116 valence electrons. The SMILES string of the molecule is CCCCCCCCc1ccc2oc(NCCN)nc2c1. The van der Waals surface area contributed by atoms with E-state index in [2.05, 4.69) is 29.4 Å². The number of nitrogens with zero attached hydrogens (tertiary/aromatic N) is 1. The fraction of sp³-hybridized carbons (Fsp3) is 0.588. The van der Waals surface area contributed by atoms with Crippen LogP contribution in [0, 0.1) is 0 Å². The zero-order chi connectivity index (χ0) is 14.9. The van der Waals surface area contributed by atoms with Gasteiger partial charge in [-0.2, -0.15) is 4.98 Å². The van der Waals surface area contributed by atoms with Crippen LogP contribution in [0.15, 0.2) is 22.6 Å². The maximum atomic E-state index is 5.62. The standard InChI is InChI=1S/C17H27N3O/c1-2-3-4-5-6-7-8-14-9-10-16-15(13-14)20-17(21-16)19-12-11-18/h9-10,13H,2-8,11-12,18H2,1H3,(H,19,20). The van der Waals surface area contributed by atoms with Crippen molar-refractivity contribution in [3.8, 4) is 0 Å². The van der Waals surface area contributed by atoms with Crippen molar-refractivity contribution in [2.24, 2.45) is 5.73 Å². The van der Waals surface area contributed by atoms with Crippen LogP contribution in [0.2, 0.25) is 0 Å². The summed E-state index contributed by atoms with van der Waals surface area (Å²) in [4.78, 5) is 4.45. The Labute approximate surface area is 127 Å². The van der Waals surface area contributed by atoms with E-state index >= 15 is 0 Å². The molecule has 0 atom stereocenters. The Morgan fingerprint density at radius 1 is 1.14 bits per heavy atom. The highest BCUT2D eigenvalue weighted by atomic mass is 16.4. The lowest BCUT2D eigenvalue weighted by Crippen LogP contribution is -2.13. The van der Waals surface area contributed by atoms with Gasteiger partial charge in [0.2, 0.25) is 0 Å². The molecular weight excluding hydrogens is 262 g/mol. The van der Waals surface area contributed by atoms with Gasteiger partial charge in [0.1, 0.15) is 5.52 Å². The Morgan fingerprint density at radius 3 is 2.76 bits per heavy atom. The summed E-state index contributed by atoms with van der Waals surface area (Å²) in [6.07, 6.45) is 9.10. The molecule has 0 aliphatic rings. The largest absolute Gasteiger partial charge is 0.424 e. The summed E-state index contributed by atoms with van der Waals surface area (Å²) >= 11 is 0. The third kappa shape index (κ3) is 5.05. The van der Waals surface area contributed by atoms with Crippen molar-refractivity contribution in [2.45, 2.75) is 51.9 Å². The van der Waals surface area contributed by atoms with Crippen molar-refractivity contribution >= 4 is 17.1 Å². The highest BCUT2D eigenvalue weighted by Gasteiger charge is 2.05. The van der Waals surface area contributed by atoms with Gasteiger partial charge in [0.25, 0.3) is 6.01 Å². The molecule has 0 spiro atoms. The van der Waals surface area contributed by atoms with Gasteiger partial charge in [0.15, 0.2) is 5.58 Å². The van der Waals surface area contributed by atoms with Gasteiger partial charge >= 0.3 is 0 Å². The predicted octanol–water partition coefficient (Wildman–Crippen LogP) is 4.10. The Kier molecular flexibility index (Phi) is 6.54. The average molecular weight is 289 g/mol. The zero-order valence-electron chi connectivity index (χ0n) is 13.0. The van der Waals surface area contributed by atoms with Gasteiger partial charge in [-0.3, -0.25) is 0 Å². The minimum atomic E-state index is 0.562. The quantitative estimate of drug-likeness (QED) is 0.646. The molecule has 0 saturated carbocycles. The molecule has 4 nitrogen and oxygen atoms in total. The molecule has 0 fully saturated rings. The second-order valence-corrected chi connectivity index (χ2v) is 5.55. The first-order chi connectivity index (χ1) is 10.3. The molecule has 4 heteroatoms. The number of unbranched alkanes of at least 4 members (excludes halogenated alkanes) is 5. The Hall–Kier alpha value is -1.55. The van der Waals surface area contributed by atoms with Crippen molar-refractivity contribution in [2.75, 3.05) is 18.4 Å². The van der Waals surface area contributed by atoms with Crippen LogP contribution in [0.5, 0.6) is 0 Å². The minimum absolute atomic E-state index is 0.562. The molecule has 1 aromatic carbocycles. The van der Waals surface area contributed by atoms with Crippen molar-refractivity contribution in [3.05, 3.63) is 23.8 Å². The van der Waals surface area contributed by atoms with Gasteiger partial charge in [0.05, 0.1) is 0 Å². The molecule has 0 amide bonds. The van der Waals surface area contributed by atoms with Crippen molar-refractivity contribution in [1.82, 2.24) is 4.98 Å². The lowest BCUT2D eigenvalue weighted by atomic mass is 10.0. The number of fused-ring (bicyclic) bond motifs is 1. The molecule has 1 heterocycles. The summed E-state index contributed by atoms with van der Waals surface area (Å²) < 4.78 is 5.62. The smallest absolute Gasteiger partial charge is 0.295 e. The number of aryl methyl sites for hydroxylation is 1. The highest BCUT2D eigenvalue weighted by Crippen LogP contribution is 2.21. The van der Waals surface area contributed by atoms with Crippen LogP contribution in [-0.2, 0) is 6.42 Å². The van der Waals surface area contributed by atoms with E-state index < -0.39 is 0 Å². The second-order valence-electron chi connectivity index (χ2n) is 5.55. The first kappa shape index (κ1) is 15.8. The van der Waals surface area contributed by atoms with Crippen LogP contribution < -0.4 is 11.1 Å². The van der Waals surface area contributed by atoms with E-state index in [-0.39, 0.29) is 0 Å². The molecule has 0 unspecified atom stereocenters. The molecule has 0 radical (unpaired) electrons. The molecule has 2 aromatic rings. The zero-order valence-corrected chi connectivity index (χ0v) is 13.0. The van der Waals surface area contributed by atoms with Crippen LogP contribution in [-0.4, -0.2) is 18.1 Å². The molecule has 2 rings (SSSR count). The van der Waals surface area contributed by atoms with Crippen LogP contribution in [0.4, 0.5) is 6.01 Å². The lowest BCUT2D eigenvalue weighted by molar-refractivity contribution is 0.607. The van der Waals surface area contributed by atoms with E-state index in [0.29, 0.717) is 19.1 Å². The molecule has 0 bridgehead atoms. The summed E-state index contributed by atoms with van der Waals surface area (Å²) in [6.45, 7) is 3.50. The minimum Gasteiger partial charge on any atom is -0.424 e. The van der Waals surface area contributed by atoms with Crippen LogP contribution in [0.3, 0.4) is 0 Å². The van der Waals surface area contributed by atoms with Crippen molar-refractivity contribution in [3.63, 3.8) is 0 Å². The molecule has 1 aromatic heterocycles. The molecule has 0 aliphatic carbocycles. The number of oxazole rings is 1. The van der Waals surface area contributed by atoms with Gasteiger partial charge in [0, 0.05) is 13.1 Å². The summed E-state index contributed by atoms with van der Waals surface area (Å²) in [5.74, 6) is 0. The van der Waals surface area contributed by atoms with Crippen LogP contribution in [0.25, 0.3) is 11.1 Å². The Bertz CT molecular complexity index is 536. The molecule has 21 heavy (non-hydrogen) atoms. The summed E-state index contributed by atoms with van der Waals surface area (Å²) in [5, 5.41) is 3.07. The van der Waals surface area contributed by atoms with Gasteiger partial charge in [-0.15, -0.1) is 0 Å². The van der Waals surface area contributed by atoms with Crippen molar-refractivity contribution < 1.29 is 4.42 Å². The average Bonchev–Trinajstić information content (AvgIpc) is 2.90. The third-order valence-electron chi connectivity index (χ3n) is 3.69. The molecule has 3 N–H and O–H groups in total. The predicted molar refractivity (Wildman–Crippen MR) is 88.6 cm³/mol. The summed E-state index contributed by atoms with van der Waals surface area (Å²) in [6, 6.07) is 6.86. The number of rotatable bonds is 10. The lowest BCUT2D eigenvalue weighted by Gasteiger charge is -2.01. The van der Waals surface area contributed by atoms with Crippen molar-refractivity contribution in [1.29, 1.82) is 0 Å². The van der Waals surface area contributed by atoms with E-state index in [1.54, 1.807) is 0 Å². The number of hydrogen-bond acceptors (Lipinski definition) is 4. The number of hydrogen-bond donors (Lipinski definition) is 2. The Morgan fingerprint density at radius 2 is 1.95 bits per heavy atom. The molecular formula is C17H27N3O. The molecule has 0 aliphatic heterocycles. The maximum absolute atomic E-state index is 5.62. The first-order valence-electron chi connectivity index (χ1n) is 8.17. The Balaban J connectivity index is 1.83. The van der Waals surface area contributed by atoms with Crippen LogP contribution in [0.1, 0.15) is 51.0 Å². The number of anilines is 1. The second kappa shape index (κ2) is 8.67. The van der Waals surface area contributed by atoms with E-state index in [0.717, 1.165) is 17.5 Å². The number of nitrogens with one attached hydrogen (secondary N) is 1. The van der Waals surface area contributed by atoms with E-state index in [1.165, 1.54) is 44.1 Å². The summed E-state index contributed by atoms with van der Waals surface area (Å²) in [7, 11) is 0. The fourth-order valence-corrected chi connectivity index (χ4v) is 2.49. The normalized spacial score (nSPS) is 11.1. The molecule has 0 saturated heterocycles. The summed E-state index contributed by atoms with van der Waals surface area (Å²) in [5.41, 5.74) is 8.57. The van der Waals surface area contributed by atoms with Crippen LogP contribution >= 0.6 is 0 Å². The topological polar surface area (TPSA) is 64.1 Å². The number of benzene rings is 1. The fourth-order valence-electron chi connectivity index (χ4n) is 2.49. The highest BCUT2D eigenvalue weighted by molar-refractivity contribution is 5.75. The van der Waals surface area contributed by atoms with Gasteiger partial charge < -0.3 is 15.5 Å². The van der Waals surface area contributed by atoms with Gasteiger partial charge in [-0.25, -0.2) is 0 Å². The number of nitrogens with two attached hydrogens (primary N) is 1. The third-order valence-corrected chi connectivity index (χ3v) is 3.69. The van der Waals surface area contributed by atoms with Gasteiger partial charge in [-0.1, -0.05) is 45.1 Å². The first-order valence-corrected chi connectivity index (χ1v) is 8.17.